The Bertz CT molecular complexity index is 637. The number of benzene rings is 1. The zero-order valence-electron chi connectivity index (χ0n) is 11.7. The van der Waals surface area contributed by atoms with Crippen LogP contribution < -0.4 is 10.5 Å². The molecule has 1 aromatic carbocycles. The highest BCUT2D eigenvalue weighted by Crippen LogP contribution is 2.27. The average Bonchev–Trinajstić information content (AvgIpc) is 2.35. The molecule has 0 saturated carbocycles. The molecular formula is C11H16FN3O5S. The lowest BCUT2D eigenvalue weighted by atomic mass is 10.1. The number of nitrogens with two attached hydrogens (primary N) is 1. The van der Waals surface area contributed by atoms with Crippen LogP contribution in [0.25, 0.3) is 0 Å². The summed E-state index contributed by atoms with van der Waals surface area (Å²) in [4.78, 5) is 8.88. The van der Waals surface area contributed by atoms with E-state index < -0.39 is 42.6 Å². The van der Waals surface area contributed by atoms with Crippen LogP contribution >= 0.6 is 0 Å². The van der Waals surface area contributed by atoms with Gasteiger partial charge in [-0.3, -0.25) is 10.1 Å². The van der Waals surface area contributed by atoms with E-state index in [4.69, 9.17) is 10.5 Å². The van der Waals surface area contributed by atoms with Crippen LogP contribution in [-0.4, -0.2) is 32.6 Å². The molecule has 0 atom stereocenters. The third-order valence-electron chi connectivity index (χ3n) is 2.78. The molecule has 21 heavy (non-hydrogen) atoms. The fourth-order valence-corrected chi connectivity index (χ4v) is 2.77. The molecule has 1 aromatic rings. The van der Waals surface area contributed by atoms with Crippen LogP contribution in [0.15, 0.2) is 17.0 Å². The maximum atomic E-state index is 13.8. The van der Waals surface area contributed by atoms with Gasteiger partial charge >= 0.3 is 0 Å². The van der Waals surface area contributed by atoms with E-state index in [1.807, 2.05) is 0 Å². The van der Waals surface area contributed by atoms with Crippen molar-refractivity contribution in [1.82, 2.24) is 4.72 Å². The van der Waals surface area contributed by atoms with E-state index in [0.717, 1.165) is 6.07 Å². The third kappa shape index (κ3) is 4.09. The van der Waals surface area contributed by atoms with Gasteiger partial charge in [0.25, 0.3) is 5.69 Å². The van der Waals surface area contributed by atoms with Crippen molar-refractivity contribution in [3.05, 3.63) is 28.1 Å². The summed E-state index contributed by atoms with van der Waals surface area (Å²) in [5.74, 6) is -1.29. The summed E-state index contributed by atoms with van der Waals surface area (Å²) in [6.45, 7) is 3.14. The van der Waals surface area contributed by atoms with E-state index in [-0.39, 0.29) is 6.54 Å². The number of nitrogen functional groups attached to an aromatic ring is 1. The highest BCUT2D eigenvalue weighted by atomic mass is 32.2. The van der Waals surface area contributed by atoms with Gasteiger partial charge in [0.15, 0.2) is 5.82 Å². The van der Waals surface area contributed by atoms with Crippen molar-refractivity contribution in [2.45, 2.75) is 24.3 Å². The quantitative estimate of drug-likeness (QED) is 0.458. The van der Waals surface area contributed by atoms with Crippen molar-refractivity contribution in [2.24, 2.45) is 0 Å². The lowest BCUT2D eigenvalue weighted by Crippen LogP contribution is -2.40. The van der Waals surface area contributed by atoms with Crippen molar-refractivity contribution in [1.29, 1.82) is 0 Å². The minimum Gasteiger partial charge on any atom is -0.397 e. The lowest BCUT2D eigenvalue weighted by molar-refractivity contribution is -0.385. The Kier molecular flexibility index (Phi) is 4.87. The molecular weight excluding hydrogens is 305 g/mol. The molecule has 118 valence electrons. The van der Waals surface area contributed by atoms with Gasteiger partial charge in [0.1, 0.15) is 4.90 Å². The molecule has 8 nitrogen and oxygen atoms in total. The first kappa shape index (κ1) is 17.3. The Hall–Kier alpha value is -1.78. The predicted molar refractivity (Wildman–Crippen MR) is 73.7 cm³/mol. The summed E-state index contributed by atoms with van der Waals surface area (Å²) in [5.41, 5.74) is 3.46. The summed E-state index contributed by atoms with van der Waals surface area (Å²) < 4.78 is 45.1. The number of rotatable bonds is 6. The molecule has 0 aliphatic rings. The maximum absolute atomic E-state index is 13.8. The highest BCUT2D eigenvalue weighted by molar-refractivity contribution is 7.89. The Morgan fingerprint density at radius 3 is 2.48 bits per heavy atom. The number of hydrogen-bond donors (Lipinski definition) is 2. The van der Waals surface area contributed by atoms with Crippen molar-refractivity contribution in [3.63, 3.8) is 0 Å². The molecule has 10 heteroatoms. The first-order chi connectivity index (χ1) is 9.50. The highest BCUT2D eigenvalue weighted by Gasteiger charge is 2.28. The van der Waals surface area contributed by atoms with Crippen LogP contribution in [0.5, 0.6) is 0 Å². The number of halogens is 1. The molecule has 0 heterocycles. The SMILES string of the molecule is COC(C)(C)CNS(=O)(=O)c1c(N)cc([N+](=O)[O-])cc1F. The predicted octanol–water partition coefficient (Wildman–Crippen LogP) is 1.02. The molecule has 0 aromatic heterocycles. The largest absolute Gasteiger partial charge is 0.397 e. The number of nitrogens with one attached hydrogen (secondary N) is 1. The van der Waals surface area contributed by atoms with E-state index in [1.165, 1.54) is 7.11 Å². The molecule has 0 aliphatic heterocycles. The monoisotopic (exact) mass is 321 g/mol. The normalized spacial score (nSPS) is 12.4. The van der Waals surface area contributed by atoms with Gasteiger partial charge in [0.05, 0.1) is 22.3 Å². The van der Waals surface area contributed by atoms with Crippen LogP contribution in [-0.2, 0) is 14.8 Å². The molecule has 0 fully saturated rings. The zero-order valence-corrected chi connectivity index (χ0v) is 12.5. The number of non-ortho nitro benzene ring substituents is 1. The van der Waals surface area contributed by atoms with E-state index in [1.54, 1.807) is 13.8 Å². The Balaban J connectivity index is 3.18. The number of ether oxygens (including phenoxy) is 1. The van der Waals surface area contributed by atoms with E-state index in [0.29, 0.717) is 6.07 Å². The standard InChI is InChI=1S/C11H16FN3O5S/c1-11(2,20-3)6-14-21(18,19)10-8(12)4-7(15(16)17)5-9(10)13/h4-5,14H,6,13H2,1-3H3. The average molecular weight is 321 g/mol. The molecule has 0 radical (unpaired) electrons. The third-order valence-corrected chi connectivity index (χ3v) is 4.27. The fourth-order valence-electron chi connectivity index (χ4n) is 1.40. The number of nitro benzene ring substituents is 1. The van der Waals surface area contributed by atoms with Gasteiger partial charge in [-0.15, -0.1) is 0 Å². The van der Waals surface area contributed by atoms with E-state index in [9.17, 15) is 22.9 Å². The lowest BCUT2D eigenvalue weighted by Gasteiger charge is -2.23. The minimum atomic E-state index is -4.26. The number of nitrogens with zero attached hydrogens (tertiary/aromatic N) is 1. The van der Waals surface area contributed by atoms with Crippen molar-refractivity contribution >= 4 is 21.4 Å². The van der Waals surface area contributed by atoms with Crippen LogP contribution in [0.4, 0.5) is 15.8 Å². The van der Waals surface area contributed by atoms with E-state index >= 15 is 0 Å². The van der Waals surface area contributed by atoms with Crippen LogP contribution in [0, 0.1) is 15.9 Å². The summed E-state index contributed by atoms with van der Waals surface area (Å²) in [6.07, 6.45) is 0. The van der Waals surface area contributed by atoms with Gasteiger partial charge < -0.3 is 10.5 Å². The Labute approximate surface area is 121 Å². The number of anilines is 1. The number of hydrogen-bond acceptors (Lipinski definition) is 6. The van der Waals surface area contributed by atoms with Gasteiger partial charge in [-0.1, -0.05) is 0 Å². The van der Waals surface area contributed by atoms with Crippen molar-refractivity contribution < 1.29 is 22.5 Å². The first-order valence-corrected chi connectivity index (χ1v) is 7.27. The molecule has 0 bridgehead atoms. The Morgan fingerprint density at radius 1 is 1.48 bits per heavy atom. The molecule has 1 rings (SSSR count). The maximum Gasteiger partial charge on any atom is 0.274 e. The van der Waals surface area contributed by atoms with Gasteiger partial charge in [-0.25, -0.2) is 17.5 Å². The topological polar surface area (TPSA) is 125 Å². The summed E-state index contributed by atoms with van der Waals surface area (Å²) in [5, 5.41) is 10.6. The molecule has 0 unspecified atom stereocenters. The van der Waals surface area contributed by atoms with Gasteiger partial charge in [0, 0.05) is 19.7 Å². The van der Waals surface area contributed by atoms with Crippen LogP contribution in [0.1, 0.15) is 13.8 Å². The van der Waals surface area contributed by atoms with Crippen molar-refractivity contribution in [3.8, 4) is 0 Å². The van der Waals surface area contributed by atoms with Gasteiger partial charge in [-0.05, 0) is 13.8 Å². The molecule has 3 N–H and O–H groups in total. The summed E-state index contributed by atoms with van der Waals surface area (Å²) in [6, 6.07) is 1.30. The molecule has 0 spiro atoms. The second-order valence-electron chi connectivity index (χ2n) is 4.89. The van der Waals surface area contributed by atoms with Crippen LogP contribution in [0.3, 0.4) is 0 Å². The number of sulfonamides is 1. The fraction of sp³-hybridized carbons (Fsp3) is 0.455. The zero-order chi connectivity index (χ0) is 16.4. The smallest absolute Gasteiger partial charge is 0.274 e. The molecule has 0 aliphatic carbocycles. The second-order valence-corrected chi connectivity index (χ2v) is 6.60. The van der Waals surface area contributed by atoms with Gasteiger partial charge in [-0.2, -0.15) is 0 Å². The first-order valence-electron chi connectivity index (χ1n) is 5.78. The summed E-state index contributed by atoms with van der Waals surface area (Å²) in [7, 11) is -2.86. The summed E-state index contributed by atoms with van der Waals surface area (Å²) >= 11 is 0. The molecule has 0 amide bonds. The van der Waals surface area contributed by atoms with Crippen LogP contribution in [0.2, 0.25) is 0 Å². The van der Waals surface area contributed by atoms with Gasteiger partial charge in [0.2, 0.25) is 10.0 Å². The number of methoxy groups -OCH3 is 1. The minimum absolute atomic E-state index is 0.123. The second kappa shape index (κ2) is 5.92. The number of nitro groups is 1. The molecule has 0 saturated heterocycles. The Morgan fingerprint density at radius 2 is 2.05 bits per heavy atom. The van der Waals surface area contributed by atoms with Crippen molar-refractivity contribution in [2.75, 3.05) is 19.4 Å². The van der Waals surface area contributed by atoms with E-state index in [2.05, 4.69) is 4.72 Å².